The maximum Gasteiger partial charge on any atom is 0.214 e. The number of pyridine rings is 1. The molecule has 5 heteroatoms. The van der Waals surface area contributed by atoms with Crippen molar-refractivity contribution in [3.05, 3.63) is 18.3 Å². The molecule has 0 aliphatic heterocycles. The zero-order chi connectivity index (χ0) is 12.0. The Morgan fingerprint density at radius 2 is 2.25 bits per heavy atom. The van der Waals surface area contributed by atoms with Gasteiger partial charge in [-0.25, -0.2) is 4.98 Å². The van der Waals surface area contributed by atoms with Gasteiger partial charge in [0.05, 0.1) is 18.5 Å². The molecule has 0 spiro atoms. The van der Waals surface area contributed by atoms with Crippen LogP contribution in [0, 0.1) is 0 Å². The number of rotatable bonds is 6. The van der Waals surface area contributed by atoms with E-state index in [1.54, 1.807) is 20.4 Å². The molecule has 0 aliphatic carbocycles. The van der Waals surface area contributed by atoms with Gasteiger partial charge >= 0.3 is 0 Å². The second-order valence-corrected chi connectivity index (χ2v) is 4.78. The summed E-state index contributed by atoms with van der Waals surface area (Å²) in [6, 6.07) is 3.86. The molecule has 1 atom stereocenters. The van der Waals surface area contributed by atoms with Gasteiger partial charge in [-0.05, 0) is 6.07 Å². The van der Waals surface area contributed by atoms with E-state index in [0.29, 0.717) is 17.3 Å². The fraction of sp³-hybridized carbons (Fsp3) is 0.545. The van der Waals surface area contributed by atoms with Crippen molar-refractivity contribution >= 4 is 21.6 Å². The lowest BCUT2D eigenvalue weighted by Crippen LogP contribution is -2.28. The number of hydrogen-bond donors (Lipinski definition) is 0. The molecule has 1 aromatic heterocycles. The predicted molar refractivity (Wildman–Crippen MR) is 68.7 cm³/mol. The molecule has 1 aromatic rings. The first kappa shape index (κ1) is 13.3. The highest BCUT2D eigenvalue weighted by atomic mass is 79.9. The molecule has 1 rings (SSSR count). The highest BCUT2D eigenvalue weighted by Crippen LogP contribution is 2.18. The molecule has 0 N–H and O–H groups in total. The van der Waals surface area contributed by atoms with E-state index >= 15 is 0 Å². The average molecular weight is 289 g/mol. The Morgan fingerprint density at radius 1 is 1.50 bits per heavy atom. The lowest BCUT2D eigenvalue weighted by atomic mass is 10.3. The summed E-state index contributed by atoms with van der Waals surface area (Å²) in [5.74, 6) is 0.627. The van der Waals surface area contributed by atoms with Crippen LogP contribution < -0.4 is 9.64 Å². The summed E-state index contributed by atoms with van der Waals surface area (Å²) in [6.07, 6.45) is 1.74. The van der Waals surface area contributed by atoms with Crippen molar-refractivity contribution in [1.29, 1.82) is 0 Å². The van der Waals surface area contributed by atoms with E-state index in [0.717, 1.165) is 12.2 Å². The number of aromatic nitrogens is 1. The Morgan fingerprint density at radius 3 is 2.88 bits per heavy atom. The number of halogens is 1. The molecule has 0 saturated carbocycles. The molecule has 0 aliphatic rings. The van der Waals surface area contributed by atoms with Crippen LogP contribution in [0.5, 0.6) is 5.88 Å². The first-order chi connectivity index (χ1) is 7.67. The van der Waals surface area contributed by atoms with E-state index in [1.807, 2.05) is 19.2 Å². The predicted octanol–water partition coefficient (Wildman–Crippen LogP) is 1.94. The quantitative estimate of drug-likeness (QED) is 0.750. The monoisotopic (exact) mass is 288 g/mol. The van der Waals surface area contributed by atoms with E-state index in [4.69, 9.17) is 9.47 Å². The zero-order valence-electron chi connectivity index (χ0n) is 9.81. The van der Waals surface area contributed by atoms with Crippen molar-refractivity contribution in [3.8, 4) is 5.88 Å². The van der Waals surface area contributed by atoms with Gasteiger partial charge in [0.1, 0.15) is 0 Å². The van der Waals surface area contributed by atoms with Crippen LogP contribution in [0.2, 0.25) is 0 Å². The third kappa shape index (κ3) is 3.98. The number of ether oxygens (including phenoxy) is 2. The number of hydrogen-bond acceptors (Lipinski definition) is 4. The summed E-state index contributed by atoms with van der Waals surface area (Å²) < 4.78 is 10.2. The van der Waals surface area contributed by atoms with Crippen molar-refractivity contribution in [2.45, 2.75) is 4.83 Å². The molecule has 0 aromatic carbocycles. The first-order valence-electron chi connectivity index (χ1n) is 5.01. The zero-order valence-corrected chi connectivity index (χ0v) is 11.4. The normalized spacial score (nSPS) is 12.2. The first-order valence-corrected chi connectivity index (χ1v) is 5.93. The van der Waals surface area contributed by atoms with Crippen LogP contribution in [0.25, 0.3) is 0 Å². The van der Waals surface area contributed by atoms with E-state index < -0.39 is 0 Å². The molecule has 90 valence electrons. The lowest BCUT2D eigenvalue weighted by Gasteiger charge is -2.22. The van der Waals surface area contributed by atoms with Gasteiger partial charge in [-0.3, -0.25) is 0 Å². The van der Waals surface area contributed by atoms with Gasteiger partial charge in [-0.15, -0.1) is 0 Å². The average Bonchev–Trinajstić information content (AvgIpc) is 2.29. The lowest BCUT2D eigenvalue weighted by molar-refractivity contribution is 0.202. The number of nitrogens with zero attached hydrogens (tertiary/aromatic N) is 2. The van der Waals surface area contributed by atoms with Gasteiger partial charge in [-0.1, -0.05) is 15.9 Å². The van der Waals surface area contributed by atoms with Crippen LogP contribution in [0.3, 0.4) is 0 Å². The SMILES string of the molecule is COCC(Br)CN(C)c1ccnc(OC)c1. The summed E-state index contributed by atoms with van der Waals surface area (Å²) in [7, 11) is 5.34. The Bertz CT molecular complexity index is 323. The van der Waals surface area contributed by atoms with Gasteiger partial charge in [-0.2, -0.15) is 0 Å². The standard InChI is InChI=1S/C11H17BrN2O2/c1-14(7-9(12)8-15-2)10-4-5-13-11(6-10)16-3/h4-6,9H,7-8H2,1-3H3. The topological polar surface area (TPSA) is 34.6 Å². The van der Waals surface area contributed by atoms with Crippen LogP contribution in [-0.2, 0) is 4.74 Å². The Labute approximate surface area is 105 Å². The van der Waals surface area contributed by atoms with Crippen LogP contribution >= 0.6 is 15.9 Å². The highest BCUT2D eigenvalue weighted by Gasteiger charge is 2.09. The van der Waals surface area contributed by atoms with Crippen molar-refractivity contribution in [2.75, 3.05) is 39.3 Å². The highest BCUT2D eigenvalue weighted by molar-refractivity contribution is 9.09. The third-order valence-electron chi connectivity index (χ3n) is 2.19. The number of methoxy groups -OCH3 is 2. The molecule has 0 bridgehead atoms. The molecule has 0 saturated heterocycles. The molecular weight excluding hydrogens is 272 g/mol. The van der Waals surface area contributed by atoms with Crippen LogP contribution in [0.1, 0.15) is 0 Å². The Hall–Kier alpha value is -0.810. The van der Waals surface area contributed by atoms with Crippen molar-refractivity contribution in [3.63, 3.8) is 0 Å². The summed E-state index contributed by atoms with van der Waals surface area (Å²) in [5, 5.41) is 0. The molecule has 1 heterocycles. The second-order valence-electron chi connectivity index (χ2n) is 3.49. The van der Waals surface area contributed by atoms with Crippen molar-refractivity contribution < 1.29 is 9.47 Å². The van der Waals surface area contributed by atoms with E-state index in [2.05, 4.69) is 25.8 Å². The largest absolute Gasteiger partial charge is 0.481 e. The van der Waals surface area contributed by atoms with E-state index in [-0.39, 0.29) is 0 Å². The van der Waals surface area contributed by atoms with Crippen LogP contribution in [0.15, 0.2) is 18.3 Å². The maximum absolute atomic E-state index is 5.08. The minimum atomic E-state index is 0.307. The second kappa shape index (κ2) is 6.70. The third-order valence-corrected chi connectivity index (χ3v) is 2.74. The summed E-state index contributed by atoms with van der Waals surface area (Å²) in [6.45, 7) is 1.55. The molecule has 0 radical (unpaired) electrons. The minimum Gasteiger partial charge on any atom is -0.481 e. The fourth-order valence-corrected chi connectivity index (χ4v) is 2.08. The van der Waals surface area contributed by atoms with Gasteiger partial charge < -0.3 is 14.4 Å². The maximum atomic E-state index is 5.08. The smallest absolute Gasteiger partial charge is 0.214 e. The van der Waals surface area contributed by atoms with Gasteiger partial charge in [0.2, 0.25) is 5.88 Å². The molecule has 0 fully saturated rings. The summed E-state index contributed by atoms with van der Waals surface area (Å²) in [4.78, 5) is 6.51. The molecule has 16 heavy (non-hydrogen) atoms. The van der Waals surface area contributed by atoms with Crippen LogP contribution in [-0.4, -0.2) is 44.2 Å². The molecule has 1 unspecified atom stereocenters. The Kier molecular flexibility index (Phi) is 5.55. The number of anilines is 1. The summed E-state index contributed by atoms with van der Waals surface area (Å²) in [5.41, 5.74) is 1.08. The van der Waals surface area contributed by atoms with E-state index in [1.165, 1.54) is 0 Å². The molecule has 4 nitrogen and oxygen atoms in total. The van der Waals surface area contributed by atoms with Gasteiger partial charge in [0, 0.05) is 38.7 Å². The number of alkyl halides is 1. The minimum absolute atomic E-state index is 0.307. The Balaban J connectivity index is 2.61. The summed E-state index contributed by atoms with van der Waals surface area (Å²) >= 11 is 3.56. The molecular formula is C11H17BrN2O2. The van der Waals surface area contributed by atoms with Crippen LogP contribution in [0.4, 0.5) is 5.69 Å². The van der Waals surface area contributed by atoms with Gasteiger partial charge in [0.25, 0.3) is 0 Å². The fourth-order valence-electron chi connectivity index (χ4n) is 1.38. The van der Waals surface area contributed by atoms with Gasteiger partial charge in [0.15, 0.2) is 0 Å². The van der Waals surface area contributed by atoms with E-state index in [9.17, 15) is 0 Å². The molecule has 0 amide bonds. The van der Waals surface area contributed by atoms with Crippen molar-refractivity contribution in [2.24, 2.45) is 0 Å². The van der Waals surface area contributed by atoms with Crippen molar-refractivity contribution in [1.82, 2.24) is 4.98 Å².